The van der Waals surface area contributed by atoms with E-state index in [0.29, 0.717) is 48.5 Å². The molecule has 150 valence electrons. The highest BCUT2D eigenvalue weighted by molar-refractivity contribution is 6.04. The third-order valence-electron chi connectivity index (χ3n) is 5.15. The number of hydrogen-bond donors (Lipinski definition) is 2. The van der Waals surface area contributed by atoms with Crippen molar-refractivity contribution < 1.29 is 14.3 Å². The van der Waals surface area contributed by atoms with E-state index in [0.717, 1.165) is 6.42 Å². The second-order valence-electron chi connectivity index (χ2n) is 7.65. The first-order valence-electron chi connectivity index (χ1n) is 9.57. The van der Waals surface area contributed by atoms with Gasteiger partial charge in [0.25, 0.3) is 5.91 Å². The molecule has 1 fully saturated rings. The summed E-state index contributed by atoms with van der Waals surface area (Å²) in [6.07, 6.45) is 6.70. The molecule has 2 N–H and O–H groups in total. The molecule has 0 radical (unpaired) electrons. The summed E-state index contributed by atoms with van der Waals surface area (Å²) < 4.78 is 5.97. The van der Waals surface area contributed by atoms with E-state index in [1.165, 1.54) is 6.08 Å². The van der Waals surface area contributed by atoms with Gasteiger partial charge in [-0.3, -0.25) is 9.59 Å². The molecule has 0 saturated carbocycles. The molecule has 28 heavy (non-hydrogen) atoms. The van der Waals surface area contributed by atoms with Crippen molar-refractivity contribution in [2.24, 2.45) is 0 Å². The highest BCUT2D eigenvalue weighted by Gasteiger charge is 2.25. The molecule has 0 unspecified atom stereocenters. The van der Waals surface area contributed by atoms with Gasteiger partial charge in [0.15, 0.2) is 5.65 Å². The Balaban J connectivity index is 1.71. The summed E-state index contributed by atoms with van der Waals surface area (Å²) in [4.78, 5) is 37.9. The maximum Gasteiger partial charge on any atom is 0.255 e. The average molecular weight is 385 g/mol. The zero-order valence-electron chi connectivity index (χ0n) is 16.6. The van der Waals surface area contributed by atoms with Gasteiger partial charge in [-0.05, 0) is 26.3 Å². The van der Waals surface area contributed by atoms with Gasteiger partial charge in [-0.1, -0.05) is 13.5 Å². The van der Waals surface area contributed by atoms with Crippen LogP contribution in [0, 0.1) is 0 Å². The lowest BCUT2D eigenvalue weighted by Crippen LogP contribution is -2.42. The number of aromatic nitrogens is 3. The Morgan fingerprint density at radius 1 is 1.43 bits per heavy atom. The van der Waals surface area contributed by atoms with E-state index in [1.54, 1.807) is 17.3 Å². The van der Waals surface area contributed by atoms with E-state index < -0.39 is 0 Å². The summed E-state index contributed by atoms with van der Waals surface area (Å²) >= 11 is 0. The summed E-state index contributed by atoms with van der Waals surface area (Å²) in [6.45, 7) is 10.7. The Hall–Kier alpha value is -2.90. The van der Waals surface area contributed by atoms with Crippen LogP contribution in [0.15, 0.2) is 25.0 Å². The second kappa shape index (κ2) is 8.00. The number of fused-ring (bicyclic) bond motifs is 1. The van der Waals surface area contributed by atoms with Crippen LogP contribution in [-0.2, 0) is 4.79 Å². The number of amides is 2. The smallest absolute Gasteiger partial charge is 0.255 e. The first-order chi connectivity index (χ1) is 13.3. The number of aromatic amines is 1. The number of H-pyrrole nitrogens is 1. The number of piperidine rings is 1. The number of rotatable bonds is 6. The molecule has 0 aliphatic carbocycles. The van der Waals surface area contributed by atoms with Gasteiger partial charge < -0.3 is 19.9 Å². The second-order valence-corrected chi connectivity index (χ2v) is 7.65. The molecule has 0 atom stereocenters. The summed E-state index contributed by atoms with van der Waals surface area (Å²) in [5.74, 6) is 0.128. The van der Waals surface area contributed by atoms with Crippen LogP contribution in [0.3, 0.4) is 0 Å². The van der Waals surface area contributed by atoms with Crippen LogP contribution in [0.4, 0.5) is 0 Å². The number of nitrogens with one attached hydrogen (secondary N) is 2. The Labute approximate surface area is 164 Å². The minimum Gasteiger partial charge on any atom is -0.473 e. The summed E-state index contributed by atoms with van der Waals surface area (Å²) in [5, 5.41) is 3.01. The molecule has 0 spiro atoms. The van der Waals surface area contributed by atoms with Crippen molar-refractivity contribution in [1.82, 2.24) is 25.2 Å². The van der Waals surface area contributed by atoms with Gasteiger partial charge in [-0.15, -0.1) is 0 Å². The SMILES string of the molecule is C=CC(=O)N1CCC(Oc2cnc3[nH]cc(C(=O)NC(C)(C)CC)c3n2)CC1. The topological polar surface area (TPSA) is 100 Å². The van der Waals surface area contributed by atoms with E-state index in [9.17, 15) is 9.59 Å². The van der Waals surface area contributed by atoms with Crippen molar-refractivity contribution in [3.05, 3.63) is 30.6 Å². The van der Waals surface area contributed by atoms with Crippen molar-refractivity contribution >= 4 is 23.0 Å². The quantitative estimate of drug-likeness (QED) is 0.744. The van der Waals surface area contributed by atoms with Crippen LogP contribution in [-0.4, -0.2) is 56.4 Å². The van der Waals surface area contributed by atoms with Gasteiger partial charge in [-0.2, -0.15) is 0 Å². The van der Waals surface area contributed by atoms with E-state index >= 15 is 0 Å². The lowest BCUT2D eigenvalue weighted by molar-refractivity contribution is -0.127. The van der Waals surface area contributed by atoms with Crippen molar-refractivity contribution in [3.63, 3.8) is 0 Å². The fraction of sp³-hybridized carbons (Fsp3) is 0.500. The first kappa shape index (κ1) is 19.9. The van der Waals surface area contributed by atoms with Gasteiger partial charge in [0.1, 0.15) is 11.6 Å². The molecular formula is C20H27N5O3. The molecule has 0 aromatic carbocycles. The fourth-order valence-corrected chi connectivity index (χ4v) is 3.06. The molecule has 3 rings (SSSR count). The van der Waals surface area contributed by atoms with Gasteiger partial charge in [-0.25, -0.2) is 9.97 Å². The van der Waals surface area contributed by atoms with Gasteiger partial charge in [0, 0.05) is 37.7 Å². The van der Waals surface area contributed by atoms with Crippen molar-refractivity contribution in [3.8, 4) is 5.88 Å². The van der Waals surface area contributed by atoms with E-state index in [-0.39, 0.29) is 23.5 Å². The third kappa shape index (κ3) is 4.32. The lowest BCUT2D eigenvalue weighted by Gasteiger charge is -2.31. The molecule has 8 heteroatoms. The minimum atomic E-state index is -0.306. The Kier molecular flexibility index (Phi) is 5.67. The van der Waals surface area contributed by atoms with Gasteiger partial charge in [0.05, 0.1) is 11.8 Å². The fourth-order valence-electron chi connectivity index (χ4n) is 3.06. The normalized spacial score (nSPS) is 15.5. The van der Waals surface area contributed by atoms with Crippen molar-refractivity contribution in [2.75, 3.05) is 13.1 Å². The molecule has 1 saturated heterocycles. The Morgan fingerprint density at radius 3 is 2.79 bits per heavy atom. The first-order valence-corrected chi connectivity index (χ1v) is 9.57. The molecule has 1 aliphatic heterocycles. The van der Waals surface area contributed by atoms with Crippen molar-refractivity contribution in [1.29, 1.82) is 0 Å². The molecular weight excluding hydrogens is 358 g/mol. The molecule has 1 aliphatic rings. The predicted molar refractivity (Wildman–Crippen MR) is 106 cm³/mol. The number of ether oxygens (including phenoxy) is 1. The largest absolute Gasteiger partial charge is 0.473 e. The number of carbonyl (C=O) groups is 2. The van der Waals surface area contributed by atoms with E-state index in [2.05, 4.69) is 26.8 Å². The Morgan fingerprint density at radius 2 is 2.14 bits per heavy atom. The average Bonchev–Trinajstić information content (AvgIpc) is 3.11. The summed E-state index contributed by atoms with van der Waals surface area (Å²) in [6, 6.07) is 0. The van der Waals surface area contributed by atoms with Crippen LogP contribution < -0.4 is 10.1 Å². The highest BCUT2D eigenvalue weighted by atomic mass is 16.5. The predicted octanol–water partition coefficient (Wildman–Crippen LogP) is 2.43. The number of hydrogen-bond acceptors (Lipinski definition) is 5. The number of likely N-dealkylation sites (tertiary alicyclic amines) is 1. The number of carbonyl (C=O) groups excluding carboxylic acids is 2. The van der Waals surface area contributed by atoms with E-state index in [4.69, 9.17) is 4.74 Å². The van der Waals surface area contributed by atoms with Crippen LogP contribution in [0.5, 0.6) is 5.88 Å². The third-order valence-corrected chi connectivity index (χ3v) is 5.15. The summed E-state index contributed by atoms with van der Waals surface area (Å²) in [5.41, 5.74) is 1.17. The molecule has 3 heterocycles. The van der Waals surface area contributed by atoms with E-state index in [1.807, 2.05) is 20.8 Å². The standard InChI is InChI=1S/C20H27N5O3/c1-5-16(26)25-9-7-13(8-10-25)28-15-12-22-18-17(23-15)14(11-21-18)19(27)24-20(3,4)6-2/h5,11-13H,1,6-10H2,2-4H3,(H,21,22)(H,24,27). The summed E-state index contributed by atoms with van der Waals surface area (Å²) in [7, 11) is 0. The highest BCUT2D eigenvalue weighted by Crippen LogP contribution is 2.22. The van der Waals surface area contributed by atoms with Crippen LogP contribution in [0.25, 0.3) is 11.2 Å². The van der Waals surface area contributed by atoms with Gasteiger partial charge in [0.2, 0.25) is 11.8 Å². The molecule has 2 aromatic heterocycles. The molecule has 0 bridgehead atoms. The maximum absolute atomic E-state index is 12.6. The van der Waals surface area contributed by atoms with Crippen molar-refractivity contribution in [2.45, 2.75) is 51.7 Å². The lowest BCUT2D eigenvalue weighted by atomic mass is 10.0. The van der Waals surface area contributed by atoms with Crippen LogP contribution in [0.2, 0.25) is 0 Å². The molecule has 8 nitrogen and oxygen atoms in total. The minimum absolute atomic E-state index is 0.0455. The maximum atomic E-state index is 12.6. The van der Waals surface area contributed by atoms with Gasteiger partial charge >= 0.3 is 0 Å². The number of nitrogens with zero attached hydrogens (tertiary/aromatic N) is 3. The zero-order chi connectivity index (χ0) is 20.3. The molecule has 2 amide bonds. The van der Waals surface area contributed by atoms with Crippen LogP contribution >= 0.6 is 0 Å². The van der Waals surface area contributed by atoms with Crippen LogP contribution in [0.1, 0.15) is 50.4 Å². The monoisotopic (exact) mass is 385 g/mol. The Bertz CT molecular complexity index is 881. The molecule has 2 aromatic rings. The zero-order valence-corrected chi connectivity index (χ0v) is 16.6.